The van der Waals surface area contributed by atoms with Gasteiger partial charge in [-0.05, 0) is 49.6 Å². The van der Waals surface area contributed by atoms with Crippen LogP contribution in [0.15, 0.2) is 60.7 Å². The third-order valence-corrected chi connectivity index (χ3v) is 6.72. The van der Waals surface area contributed by atoms with Gasteiger partial charge in [0, 0.05) is 31.7 Å². The molecule has 2 aliphatic heterocycles. The maximum absolute atomic E-state index is 13.3. The van der Waals surface area contributed by atoms with Gasteiger partial charge in [0.2, 0.25) is 0 Å². The Kier molecular flexibility index (Phi) is 8.23. The van der Waals surface area contributed by atoms with E-state index in [2.05, 4.69) is 11.5 Å². The Bertz CT molecular complexity index is 1150. The first-order valence-electron chi connectivity index (χ1n) is 12.4. The van der Waals surface area contributed by atoms with Crippen LogP contribution in [0.25, 0.3) is 5.76 Å². The van der Waals surface area contributed by atoms with Gasteiger partial charge in [-0.25, -0.2) is 0 Å². The minimum atomic E-state index is -0.658. The largest absolute Gasteiger partial charge is 0.507 e. The zero-order valence-electron chi connectivity index (χ0n) is 21.0. The normalized spacial score (nSPS) is 20.1. The second-order valence-electron chi connectivity index (χ2n) is 9.29. The molecule has 2 saturated heterocycles. The quantitative estimate of drug-likeness (QED) is 0.248. The van der Waals surface area contributed by atoms with Gasteiger partial charge in [-0.3, -0.25) is 14.5 Å². The molecule has 0 aliphatic carbocycles. The zero-order valence-corrected chi connectivity index (χ0v) is 21.0. The van der Waals surface area contributed by atoms with E-state index in [1.54, 1.807) is 29.2 Å². The minimum absolute atomic E-state index is 0.120. The van der Waals surface area contributed by atoms with Gasteiger partial charge >= 0.3 is 0 Å². The number of aliphatic hydroxyl groups excluding tert-OH is 1. The van der Waals surface area contributed by atoms with E-state index < -0.39 is 17.7 Å². The molecule has 2 fully saturated rings. The summed E-state index contributed by atoms with van der Waals surface area (Å²) in [7, 11) is 0. The fourth-order valence-electron chi connectivity index (χ4n) is 4.76. The molecule has 36 heavy (non-hydrogen) atoms. The van der Waals surface area contributed by atoms with Crippen molar-refractivity contribution in [2.45, 2.75) is 26.3 Å². The number of rotatable bonds is 9. The lowest BCUT2D eigenvalue weighted by Gasteiger charge is -2.29. The highest BCUT2D eigenvalue weighted by molar-refractivity contribution is 6.46. The van der Waals surface area contributed by atoms with E-state index in [0.29, 0.717) is 37.7 Å². The number of carbonyl (C=O) groups is 2. The Hall–Kier alpha value is -3.42. The number of ether oxygens (including phenoxy) is 2. The number of aryl methyl sites for hydroxylation is 2. The van der Waals surface area contributed by atoms with Crippen molar-refractivity contribution >= 4 is 17.4 Å². The predicted molar refractivity (Wildman–Crippen MR) is 139 cm³/mol. The van der Waals surface area contributed by atoms with E-state index in [-0.39, 0.29) is 11.3 Å². The van der Waals surface area contributed by atoms with Crippen LogP contribution in [0.4, 0.5) is 0 Å². The van der Waals surface area contributed by atoms with Crippen molar-refractivity contribution < 1.29 is 24.2 Å². The second kappa shape index (κ2) is 11.5. The topological polar surface area (TPSA) is 79.3 Å². The molecule has 2 aromatic carbocycles. The lowest BCUT2D eigenvalue weighted by Crippen LogP contribution is -2.38. The van der Waals surface area contributed by atoms with Crippen LogP contribution in [0.5, 0.6) is 5.75 Å². The van der Waals surface area contributed by atoms with Crippen LogP contribution in [-0.4, -0.2) is 72.6 Å². The third-order valence-electron chi connectivity index (χ3n) is 6.72. The van der Waals surface area contributed by atoms with Crippen LogP contribution < -0.4 is 4.74 Å². The molecule has 7 nitrogen and oxygen atoms in total. The smallest absolute Gasteiger partial charge is 0.295 e. The number of amides is 1. The van der Waals surface area contributed by atoms with Gasteiger partial charge in [0.05, 0.1) is 24.8 Å². The summed E-state index contributed by atoms with van der Waals surface area (Å²) in [4.78, 5) is 30.4. The van der Waals surface area contributed by atoms with Gasteiger partial charge in [-0.1, -0.05) is 42.5 Å². The molecule has 7 heteroatoms. The molecule has 0 unspecified atom stereocenters. The summed E-state index contributed by atoms with van der Waals surface area (Å²) in [6.45, 7) is 12.3. The van der Waals surface area contributed by atoms with Crippen molar-refractivity contribution in [1.82, 2.24) is 9.80 Å². The van der Waals surface area contributed by atoms with E-state index in [1.165, 1.54) is 0 Å². The first-order chi connectivity index (χ1) is 17.4. The molecule has 2 aromatic rings. The average molecular weight is 491 g/mol. The number of nitrogens with zero attached hydrogens (tertiary/aromatic N) is 2. The summed E-state index contributed by atoms with van der Waals surface area (Å²) in [5.41, 5.74) is 3.29. The Morgan fingerprint density at radius 3 is 2.50 bits per heavy atom. The Morgan fingerprint density at radius 1 is 1.11 bits per heavy atom. The SMILES string of the molecule is C=CCOc1ccc(C(O)=C2C(=O)C(=O)N(CCCN3CCOCC3)[C@H]2c2ccc(C)cc2)cc1C. The number of morpholine rings is 1. The first-order valence-corrected chi connectivity index (χ1v) is 12.4. The van der Waals surface area contributed by atoms with Crippen molar-refractivity contribution in [3.63, 3.8) is 0 Å². The van der Waals surface area contributed by atoms with E-state index in [0.717, 1.165) is 42.7 Å². The first kappa shape index (κ1) is 25.7. The maximum atomic E-state index is 13.3. The van der Waals surface area contributed by atoms with Crippen LogP contribution >= 0.6 is 0 Å². The fourth-order valence-corrected chi connectivity index (χ4v) is 4.76. The summed E-state index contributed by atoms with van der Waals surface area (Å²) < 4.78 is 11.1. The van der Waals surface area contributed by atoms with Gasteiger partial charge in [-0.2, -0.15) is 0 Å². The lowest BCUT2D eigenvalue weighted by atomic mass is 9.94. The molecule has 2 heterocycles. The molecule has 0 radical (unpaired) electrons. The summed E-state index contributed by atoms with van der Waals surface area (Å²) in [6.07, 6.45) is 2.39. The van der Waals surface area contributed by atoms with Crippen molar-refractivity contribution in [2.24, 2.45) is 0 Å². The molecule has 1 amide bonds. The number of Topliss-reactive ketones (excluding diaryl/α,β-unsaturated/α-hetero) is 1. The summed E-state index contributed by atoms with van der Waals surface area (Å²) >= 11 is 0. The summed E-state index contributed by atoms with van der Waals surface area (Å²) in [6, 6.07) is 12.3. The van der Waals surface area contributed by atoms with Gasteiger partial charge in [0.15, 0.2) is 0 Å². The van der Waals surface area contributed by atoms with Crippen molar-refractivity contribution in [1.29, 1.82) is 0 Å². The maximum Gasteiger partial charge on any atom is 0.295 e. The molecule has 1 N–H and O–H groups in total. The molecule has 190 valence electrons. The number of benzene rings is 2. The molecule has 0 aromatic heterocycles. The highest BCUT2D eigenvalue weighted by Crippen LogP contribution is 2.40. The zero-order chi connectivity index (χ0) is 25.7. The van der Waals surface area contributed by atoms with Crippen LogP contribution in [0.1, 0.15) is 34.7 Å². The second-order valence-corrected chi connectivity index (χ2v) is 9.29. The number of carbonyl (C=O) groups excluding carboxylic acids is 2. The van der Waals surface area contributed by atoms with Crippen molar-refractivity contribution in [3.05, 3.63) is 82.9 Å². The molecular weight excluding hydrogens is 456 g/mol. The fraction of sp³-hybridized carbons (Fsp3) is 0.379. The Labute approximate surface area is 212 Å². The Morgan fingerprint density at radius 2 is 1.83 bits per heavy atom. The van der Waals surface area contributed by atoms with E-state index in [9.17, 15) is 14.7 Å². The van der Waals surface area contributed by atoms with Gasteiger partial charge in [0.25, 0.3) is 11.7 Å². The number of aliphatic hydroxyl groups is 1. The van der Waals surface area contributed by atoms with E-state index in [4.69, 9.17) is 9.47 Å². The monoisotopic (exact) mass is 490 g/mol. The lowest BCUT2D eigenvalue weighted by molar-refractivity contribution is -0.140. The number of ketones is 1. The summed E-state index contributed by atoms with van der Waals surface area (Å²) in [5, 5.41) is 11.3. The molecule has 0 bridgehead atoms. The Balaban J connectivity index is 1.66. The van der Waals surface area contributed by atoms with Gasteiger partial charge < -0.3 is 19.5 Å². The predicted octanol–water partition coefficient (Wildman–Crippen LogP) is 4.01. The van der Waals surface area contributed by atoms with Crippen molar-refractivity contribution in [2.75, 3.05) is 46.0 Å². The highest BCUT2D eigenvalue weighted by Gasteiger charge is 2.45. The van der Waals surface area contributed by atoms with Gasteiger partial charge in [0.1, 0.15) is 18.1 Å². The van der Waals surface area contributed by atoms with Crippen LogP contribution in [-0.2, 0) is 14.3 Å². The highest BCUT2D eigenvalue weighted by atomic mass is 16.5. The molecule has 0 saturated carbocycles. The molecule has 0 spiro atoms. The summed E-state index contributed by atoms with van der Waals surface area (Å²) in [5.74, 6) is -0.737. The van der Waals surface area contributed by atoms with Crippen LogP contribution in [0.3, 0.4) is 0 Å². The van der Waals surface area contributed by atoms with Crippen LogP contribution in [0.2, 0.25) is 0 Å². The molecule has 2 aliphatic rings. The van der Waals surface area contributed by atoms with E-state index >= 15 is 0 Å². The minimum Gasteiger partial charge on any atom is -0.507 e. The number of likely N-dealkylation sites (tertiary alicyclic amines) is 1. The van der Waals surface area contributed by atoms with Gasteiger partial charge in [-0.15, -0.1) is 0 Å². The third kappa shape index (κ3) is 5.53. The molecule has 4 rings (SSSR count). The number of hydrogen-bond donors (Lipinski definition) is 1. The standard InChI is InChI=1S/C29H34N2O5/c1-4-16-36-24-11-10-23(19-21(24)3)27(32)25-26(22-8-6-20(2)7-9-22)31(29(34)28(25)33)13-5-12-30-14-17-35-18-15-30/h4,6-11,19,26,32H,1,5,12-18H2,2-3H3/t26-/m0/s1. The van der Waals surface area contributed by atoms with E-state index in [1.807, 2.05) is 38.1 Å². The van der Waals surface area contributed by atoms with Crippen LogP contribution in [0, 0.1) is 13.8 Å². The molecular formula is C29H34N2O5. The average Bonchev–Trinajstić information content (AvgIpc) is 3.13. The molecule has 1 atom stereocenters. The number of hydrogen-bond acceptors (Lipinski definition) is 6. The van der Waals surface area contributed by atoms with Crippen molar-refractivity contribution in [3.8, 4) is 5.75 Å².